The van der Waals surface area contributed by atoms with E-state index in [0.29, 0.717) is 4.96 Å². The normalized spacial score (nSPS) is 11.1. The first-order chi connectivity index (χ1) is 9.13. The molecule has 19 heavy (non-hydrogen) atoms. The van der Waals surface area contributed by atoms with Gasteiger partial charge in [-0.15, -0.1) is 5.10 Å². The molecule has 3 rings (SSSR count). The maximum Gasteiger partial charge on any atom is 0.275 e. The molecule has 0 radical (unpaired) electrons. The molecule has 0 saturated heterocycles. The van der Waals surface area contributed by atoms with Crippen LogP contribution in [0.2, 0.25) is 0 Å². The molecule has 0 aromatic carbocycles. The van der Waals surface area contributed by atoms with E-state index in [2.05, 4.69) is 26.9 Å². The topological polar surface area (TPSA) is 50.5 Å². The smallest absolute Gasteiger partial charge is 0.275 e. The quantitative estimate of drug-likeness (QED) is 0.742. The van der Waals surface area contributed by atoms with Crippen molar-refractivity contribution >= 4 is 32.8 Å². The molecule has 7 heteroatoms. The van der Waals surface area contributed by atoms with Gasteiger partial charge in [0, 0.05) is 25.4 Å². The highest BCUT2D eigenvalue weighted by Gasteiger charge is 2.11. The largest absolute Gasteiger partial charge is 0.345 e. The fourth-order valence-electron chi connectivity index (χ4n) is 1.79. The van der Waals surface area contributed by atoms with Crippen LogP contribution in [0.4, 0.5) is 5.13 Å². The van der Waals surface area contributed by atoms with Gasteiger partial charge in [0.15, 0.2) is 0 Å². The molecule has 3 heterocycles. The Kier molecular flexibility index (Phi) is 3.08. The summed E-state index contributed by atoms with van der Waals surface area (Å²) in [6, 6.07) is 3.58. The first-order valence-electron chi connectivity index (χ1n) is 5.73. The van der Waals surface area contributed by atoms with Gasteiger partial charge in [-0.05, 0) is 29.3 Å². The van der Waals surface area contributed by atoms with Gasteiger partial charge >= 0.3 is 0 Å². The lowest BCUT2D eigenvalue weighted by Crippen LogP contribution is -2.18. The van der Waals surface area contributed by atoms with Crippen LogP contribution < -0.4 is 10.5 Å². The zero-order valence-corrected chi connectivity index (χ0v) is 12.2. The van der Waals surface area contributed by atoms with Crippen LogP contribution in [0, 0.1) is 6.92 Å². The summed E-state index contributed by atoms with van der Waals surface area (Å²) in [5.41, 5.74) is 1.83. The third kappa shape index (κ3) is 2.39. The Bertz CT molecular complexity index is 760. The summed E-state index contributed by atoms with van der Waals surface area (Å²) in [7, 11) is 1.97. The average Bonchev–Trinajstić information content (AvgIpc) is 2.97. The van der Waals surface area contributed by atoms with Gasteiger partial charge in [0.05, 0.1) is 0 Å². The van der Waals surface area contributed by atoms with E-state index in [4.69, 9.17) is 0 Å². The number of hydrogen-bond acceptors (Lipinski definition) is 6. The number of aromatic nitrogens is 3. The number of hydrogen-bond donors (Lipinski definition) is 0. The molecule has 0 amide bonds. The van der Waals surface area contributed by atoms with E-state index in [9.17, 15) is 4.79 Å². The molecule has 98 valence electrons. The van der Waals surface area contributed by atoms with Gasteiger partial charge in [0.2, 0.25) is 10.1 Å². The van der Waals surface area contributed by atoms with Gasteiger partial charge in [-0.25, -0.2) is 4.98 Å². The van der Waals surface area contributed by atoms with E-state index in [1.54, 1.807) is 11.3 Å². The van der Waals surface area contributed by atoms with E-state index in [-0.39, 0.29) is 5.56 Å². The van der Waals surface area contributed by atoms with Crippen LogP contribution in [0.25, 0.3) is 4.96 Å². The average molecular weight is 292 g/mol. The van der Waals surface area contributed by atoms with Crippen LogP contribution >= 0.6 is 22.7 Å². The Labute approximate surface area is 117 Å². The summed E-state index contributed by atoms with van der Waals surface area (Å²) in [5, 5.41) is 9.28. The van der Waals surface area contributed by atoms with Gasteiger partial charge in [-0.2, -0.15) is 15.9 Å². The van der Waals surface area contributed by atoms with Crippen molar-refractivity contribution in [1.82, 2.24) is 14.6 Å². The minimum atomic E-state index is -0.131. The number of aryl methyl sites for hydroxylation is 1. The first kappa shape index (κ1) is 12.3. The molecular weight excluding hydrogens is 280 g/mol. The van der Waals surface area contributed by atoms with E-state index < -0.39 is 0 Å². The number of thiophene rings is 1. The zero-order valence-electron chi connectivity index (χ0n) is 10.5. The van der Waals surface area contributed by atoms with E-state index in [1.165, 1.54) is 27.5 Å². The molecule has 0 spiro atoms. The second-order valence-electron chi connectivity index (χ2n) is 4.30. The highest BCUT2D eigenvalue weighted by molar-refractivity contribution is 7.20. The Morgan fingerprint density at radius 2 is 2.32 bits per heavy atom. The Morgan fingerprint density at radius 3 is 3.05 bits per heavy atom. The molecule has 0 fully saturated rings. The van der Waals surface area contributed by atoms with Gasteiger partial charge in [0.1, 0.15) is 0 Å². The minimum Gasteiger partial charge on any atom is -0.345 e. The standard InChI is InChI=1S/C12H12N4OS2/c1-8-5-10(17)16-11(13-8)19-12(14-16)15(2)6-9-3-4-18-7-9/h3-5,7H,6H2,1-2H3. The fraction of sp³-hybridized carbons (Fsp3) is 0.250. The maximum absolute atomic E-state index is 11.8. The summed E-state index contributed by atoms with van der Waals surface area (Å²) < 4.78 is 1.36. The van der Waals surface area contributed by atoms with Gasteiger partial charge in [-0.1, -0.05) is 11.3 Å². The van der Waals surface area contributed by atoms with Crippen LogP contribution in [0.1, 0.15) is 11.3 Å². The number of rotatable bonds is 3. The first-order valence-corrected chi connectivity index (χ1v) is 7.49. The fourth-order valence-corrected chi connectivity index (χ4v) is 3.36. The molecule has 0 atom stereocenters. The summed E-state index contributed by atoms with van der Waals surface area (Å²) in [4.78, 5) is 18.8. The molecule has 0 aliphatic carbocycles. The molecule has 3 aromatic rings. The third-order valence-electron chi connectivity index (χ3n) is 2.69. The van der Waals surface area contributed by atoms with Crippen LogP contribution in [0.15, 0.2) is 27.7 Å². The number of anilines is 1. The van der Waals surface area contributed by atoms with E-state index in [0.717, 1.165) is 17.4 Å². The Balaban J connectivity index is 1.97. The second-order valence-corrected chi connectivity index (χ2v) is 6.02. The SMILES string of the molecule is Cc1cc(=O)n2nc(N(C)Cc3ccsc3)sc2n1. The molecule has 0 saturated carbocycles. The van der Waals surface area contributed by atoms with Crippen LogP contribution in [-0.4, -0.2) is 21.6 Å². The molecular formula is C12H12N4OS2. The molecule has 0 N–H and O–H groups in total. The van der Waals surface area contributed by atoms with Crippen molar-refractivity contribution in [3.05, 3.63) is 44.5 Å². The van der Waals surface area contributed by atoms with Crippen molar-refractivity contribution in [1.29, 1.82) is 0 Å². The molecule has 5 nitrogen and oxygen atoms in total. The zero-order chi connectivity index (χ0) is 13.4. The van der Waals surface area contributed by atoms with E-state index in [1.807, 2.05) is 18.9 Å². The van der Waals surface area contributed by atoms with Crippen molar-refractivity contribution in [3.8, 4) is 0 Å². The van der Waals surface area contributed by atoms with Gasteiger partial charge < -0.3 is 4.90 Å². The molecule has 3 aromatic heterocycles. The number of fused-ring (bicyclic) bond motifs is 1. The minimum absolute atomic E-state index is 0.131. The summed E-state index contributed by atoms with van der Waals surface area (Å²) in [6.45, 7) is 2.59. The van der Waals surface area contributed by atoms with Crippen LogP contribution in [-0.2, 0) is 6.54 Å². The monoisotopic (exact) mass is 292 g/mol. The second kappa shape index (κ2) is 4.75. The summed E-state index contributed by atoms with van der Waals surface area (Å²) in [5.74, 6) is 0. The van der Waals surface area contributed by atoms with Crippen molar-refractivity contribution in [2.24, 2.45) is 0 Å². The lowest BCUT2D eigenvalue weighted by atomic mass is 10.3. The Hall–Kier alpha value is -1.73. The Morgan fingerprint density at radius 1 is 1.47 bits per heavy atom. The maximum atomic E-state index is 11.8. The predicted octanol–water partition coefficient (Wildman–Crippen LogP) is 2.16. The lowest BCUT2D eigenvalue weighted by Gasteiger charge is -2.13. The summed E-state index contributed by atoms with van der Waals surface area (Å²) in [6.07, 6.45) is 0. The molecule has 0 aliphatic heterocycles. The molecule has 0 unspecified atom stereocenters. The summed E-state index contributed by atoms with van der Waals surface area (Å²) >= 11 is 3.10. The molecule has 0 aliphatic rings. The van der Waals surface area contributed by atoms with Crippen molar-refractivity contribution in [2.75, 3.05) is 11.9 Å². The van der Waals surface area contributed by atoms with Crippen LogP contribution in [0.3, 0.4) is 0 Å². The van der Waals surface area contributed by atoms with Gasteiger partial charge in [0.25, 0.3) is 5.56 Å². The van der Waals surface area contributed by atoms with Crippen molar-refractivity contribution in [3.63, 3.8) is 0 Å². The van der Waals surface area contributed by atoms with Crippen molar-refractivity contribution < 1.29 is 0 Å². The highest BCUT2D eigenvalue weighted by Crippen LogP contribution is 2.22. The lowest BCUT2D eigenvalue weighted by molar-refractivity contribution is 0.842. The van der Waals surface area contributed by atoms with Crippen molar-refractivity contribution in [2.45, 2.75) is 13.5 Å². The van der Waals surface area contributed by atoms with E-state index >= 15 is 0 Å². The number of nitrogens with zero attached hydrogens (tertiary/aromatic N) is 4. The highest BCUT2D eigenvalue weighted by atomic mass is 32.1. The predicted molar refractivity (Wildman–Crippen MR) is 78.3 cm³/mol. The van der Waals surface area contributed by atoms with Gasteiger partial charge in [-0.3, -0.25) is 4.79 Å². The van der Waals surface area contributed by atoms with Crippen LogP contribution in [0.5, 0.6) is 0 Å². The molecule has 0 bridgehead atoms. The third-order valence-corrected chi connectivity index (χ3v) is 4.44.